The second kappa shape index (κ2) is 10.2. The van der Waals surface area contributed by atoms with Crippen LogP contribution in [0.5, 0.6) is 0 Å². The lowest BCUT2D eigenvalue weighted by Crippen LogP contribution is -2.41. The number of nitrogens with one attached hydrogen (secondary N) is 1. The smallest absolute Gasteiger partial charge is 0.281 e. The third-order valence-corrected chi connectivity index (χ3v) is 6.28. The molecule has 0 saturated carbocycles. The van der Waals surface area contributed by atoms with Gasteiger partial charge < -0.3 is 10.1 Å². The molecule has 184 valence electrons. The minimum absolute atomic E-state index is 0.146. The highest BCUT2D eigenvalue weighted by molar-refractivity contribution is 6.31. The summed E-state index contributed by atoms with van der Waals surface area (Å²) in [7, 11) is 0. The fourth-order valence-electron chi connectivity index (χ4n) is 4.06. The zero-order valence-corrected chi connectivity index (χ0v) is 20.5. The average Bonchev–Trinajstić information content (AvgIpc) is 3.16. The Morgan fingerprint density at radius 3 is 2.39 bits per heavy atom. The van der Waals surface area contributed by atoms with Gasteiger partial charge in [0, 0.05) is 35.6 Å². The molecule has 36 heavy (non-hydrogen) atoms. The molecule has 0 aliphatic carbocycles. The van der Waals surface area contributed by atoms with E-state index in [-0.39, 0.29) is 23.7 Å². The first kappa shape index (κ1) is 24.2. The summed E-state index contributed by atoms with van der Waals surface area (Å²) in [6.45, 7) is 2.91. The van der Waals surface area contributed by atoms with Crippen LogP contribution in [0.3, 0.4) is 0 Å². The van der Waals surface area contributed by atoms with Gasteiger partial charge >= 0.3 is 0 Å². The first-order chi connectivity index (χ1) is 17.4. The molecule has 3 heterocycles. The molecule has 9 nitrogen and oxygen atoms in total. The molecule has 1 aliphatic heterocycles. The molecule has 1 N–H and O–H groups in total. The van der Waals surface area contributed by atoms with Gasteiger partial charge in [-0.05, 0) is 54.6 Å². The zero-order chi connectivity index (χ0) is 25.2. The van der Waals surface area contributed by atoms with Crippen molar-refractivity contribution in [2.75, 3.05) is 38.2 Å². The largest absolute Gasteiger partial charge is 0.379 e. The van der Waals surface area contributed by atoms with Gasteiger partial charge in [-0.25, -0.2) is 9.67 Å². The van der Waals surface area contributed by atoms with Crippen molar-refractivity contribution in [1.82, 2.24) is 19.2 Å². The van der Waals surface area contributed by atoms with Crippen LogP contribution in [-0.2, 0) is 9.53 Å². The summed E-state index contributed by atoms with van der Waals surface area (Å²) >= 11 is 12.1. The lowest BCUT2D eigenvalue weighted by molar-refractivity contribution is -0.118. The van der Waals surface area contributed by atoms with Gasteiger partial charge in [-0.3, -0.25) is 19.3 Å². The van der Waals surface area contributed by atoms with Crippen molar-refractivity contribution in [3.8, 4) is 5.82 Å². The number of hydrogen-bond acceptors (Lipinski definition) is 6. The first-order valence-corrected chi connectivity index (χ1v) is 12.0. The van der Waals surface area contributed by atoms with Gasteiger partial charge in [0.05, 0.1) is 35.7 Å². The highest BCUT2D eigenvalue weighted by atomic mass is 35.5. The minimum atomic E-state index is -0.452. The van der Waals surface area contributed by atoms with Crippen LogP contribution in [0.25, 0.3) is 16.7 Å². The van der Waals surface area contributed by atoms with Crippen molar-refractivity contribution in [3.63, 3.8) is 0 Å². The summed E-state index contributed by atoms with van der Waals surface area (Å²) in [5.74, 6) is -0.364. The number of aromatic nitrogens is 3. The predicted octanol–water partition coefficient (Wildman–Crippen LogP) is 3.45. The lowest BCUT2D eigenvalue weighted by atomic mass is 10.2. The summed E-state index contributed by atoms with van der Waals surface area (Å²) in [5, 5.41) is 3.89. The van der Waals surface area contributed by atoms with E-state index in [0.29, 0.717) is 53.1 Å². The van der Waals surface area contributed by atoms with Crippen LogP contribution < -0.4 is 10.9 Å². The normalized spacial score (nSPS) is 14.2. The van der Waals surface area contributed by atoms with E-state index in [1.165, 1.54) is 21.6 Å². The van der Waals surface area contributed by atoms with E-state index >= 15 is 0 Å². The SMILES string of the molecule is O=C(CN1CCOCC1)Nc1ccc(C(=O)n2c3ccc(Cl)cc3c(=O)n2-c2ccc(Cl)cn2)cc1. The molecule has 2 aromatic carbocycles. The number of ether oxygens (including phenoxy) is 1. The van der Waals surface area contributed by atoms with Crippen molar-refractivity contribution in [3.05, 3.63) is 86.8 Å². The van der Waals surface area contributed by atoms with E-state index < -0.39 is 11.5 Å². The third kappa shape index (κ3) is 4.91. The number of rotatable bonds is 5. The molecule has 11 heteroatoms. The maximum absolute atomic E-state index is 13.6. The second-order valence-corrected chi connectivity index (χ2v) is 9.12. The van der Waals surface area contributed by atoms with Crippen LogP contribution >= 0.6 is 23.2 Å². The Morgan fingerprint density at radius 2 is 1.69 bits per heavy atom. The maximum atomic E-state index is 13.6. The Kier molecular flexibility index (Phi) is 6.88. The van der Waals surface area contributed by atoms with E-state index in [1.807, 2.05) is 4.90 Å². The Balaban J connectivity index is 1.45. The van der Waals surface area contributed by atoms with E-state index in [2.05, 4.69) is 10.3 Å². The van der Waals surface area contributed by atoms with Crippen LogP contribution in [0.2, 0.25) is 10.0 Å². The number of fused-ring (bicyclic) bond motifs is 1. The van der Waals surface area contributed by atoms with E-state index in [4.69, 9.17) is 27.9 Å². The number of amides is 1. The minimum Gasteiger partial charge on any atom is -0.379 e. The molecular weight excluding hydrogens is 505 g/mol. The van der Waals surface area contributed by atoms with Gasteiger partial charge in [-0.15, -0.1) is 0 Å². The number of anilines is 1. The van der Waals surface area contributed by atoms with Gasteiger partial charge in [0.2, 0.25) is 5.91 Å². The molecule has 1 fully saturated rings. The van der Waals surface area contributed by atoms with Crippen molar-refractivity contribution < 1.29 is 14.3 Å². The standard InChI is InChI=1S/C25H21Cl2N5O4/c26-17-3-7-21-20(13-17)25(35)32(22-8-4-18(27)14-28-22)31(21)24(34)16-1-5-19(6-2-16)29-23(33)15-30-9-11-36-12-10-30/h1-8,13-14H,9-12,15H2,(H,29,33). The number of carbonyl (C=O) groups excluding carboxylic acids is 2. The van der Waals surface area contributed by atoms with Gasteiger partial charge in [0.1, 0.15) is 0 Å². The fraction of sp³-hybridized carbons (Fsp3) is 0.200. The molecule has 0 unspecified atom stereocenters. The van der Waals surface area contributed by atoms with Crippen LogP contribution in [0.4, 0.5) is 5.69 Å². The molecule has 1 aliphatic rings. The summed E-state index contributed by atoms with van der Waals surface area (Å²) in [6.07, 6.45) is 1.40. The van der Waals surface area contributed by atoms with E-state index in [1.54, 1.807) is 48.5 Å². The van der Waals surface area contributed by atoms with Crippen molar-refractivity contribution in [2.45, 2.75) is 0 Å². The van der Waals surface area contributed by atoms with E-state index in [9.17, 15) is 14.4 Å². The van der Waals surface area contributed by atoms with Crippen molar-refractivity contribution >= 4 is 51.6 Å². The quantitative estimate of drug-likeness (QED) is 0.428. The number of benzene rings is 2. The zero-order valence-electron chi connectivity index (χ0n) is 19.0. The molecule has 1 saturated heterocycles. The maximum Gasteiger partial charge on any atom is 0.281 e. The van der Waals surface area contributed by atoms with Gasteiger partial charge in [0.25, 0.3) is 11.5 Å². The Labute approximate surface area is 215 Å². The third-order valence-electron chi connectivity index (χ3n) is 5.82. The summed E-state index contributed by atoms with van der Waals surface area (Å²) in [6, 6.07) is 14.4. The predicted molar refractivity (Wildman–Crippen MR) is 137 cm³/mol. The Hall–Kier alpha value is -3.50. The molecular formula is C25H21Cl2N5O4. The molecule has 0 spiro atoms. The van der Waals surface area contributed by atoms with Crippen molar-refractivity contribution in [1.29, 1.82) is 0 Å². The summed E-state index contributed by atoms with van der Waals surface area (Å²) < 4.78 is 7.75. The van der Waals surface area contributed by atoms with E-state index in [0.717, 1.165) is 0 Å². The number of halogens is 2. The Bertz CT molecular complexity index is 1490. The van der Waals surface area contributed by atoms with Gasteiger partial charge in [-0.2, -0.15) is 4.68 Å². The van der Waals surface area contributed by atoms with Crippen LogP contribution in [0, 0.1) is 0 Å². The van der Waals surface area contributed by atoms with Gasteiger partial charge in [0.15, 0.2) is 5.82 Å². The fourth-order valence-corrected chi connectivity index (χ4v) is 4.34. The topological polar surface area (TPSA) is 98.5 Å². The molecule has 2 aromatic heterocycles. The van der Waals surface area contributed by atoms with Crippen LogP contribution in [-0.4, -0.2) is 63.9 Å². The number of hydrogen-bond donors (Lipinski definition) is 1. The summed E-state index contributed by atoms with van der Waals surface area (Å²) in [4.78, 5) is 45.5. The number of morpholine rings is 1. The lowest BCUT2D eigenvalue weighted by Gasteiger charge is -2.25. The molecule has 1 amide bonds. The molecule has 5 rings (SSSR count). The highest BCUT2D eigenvalue weighted by Gasteiger charge is 2.22. The second-order valence-electron chi connectivity index (χ2n) is 8.24. The first-order valence-electron chi connectivity index (χ1n) is 11.2. The molecule has 0 bridgehead atoms. The highest BCUT2D eigenvalue weighted by Crippen LogP contribution is 2.21. The molecule has 0 radical (unpaired) electrons. The number of pyridine rings is 1. The molecule has 4 aromatic rings. The van der Waals surface area contributed by atoms with Crippen molar-refractivity contribution in [2.24, 2.45) is 0 Å². The van der Waals surface area contributed by atoms with Gasteiger partial charge in [-0.1, -0.05) is 23.2 Å². The van der Waals surface area contributed by atoms with Crippen LogP contribution in [0.15, 0.2) is 65.6 Å². The monoisotopic (exact) mass is 525 g/mol. The molecule has 0 atom stereocenters. The summed E-state index contributed by atoms with van der Waals surface area (Å²) in [5.41, 5.74) is 0.818. The van der Waals surface area contributed by atoms with Crippen LogP contribution in [0.1, 0.15) is 10.4 Å². The number of carbonyl (C=O) groups is 2. The number of nitrogens with zero attached hydrogens (tertiary/aromatic N) is 4. The Morgan fingerprint density at radius 1 is 0.972 bits per heavy atom. The average molecular weight is 526 g/mol.